The molecule has 2 heterocycles. The fraction of sp³-hybridized carbons (Fsp3) is 0.400. The van der Waals surface area contributed by atoms with E-state index in [-0.39, 0.29) is 23.3 Å². The summed E-state index contributed by atoms with van der Waals surface area (Å²) >= 11 is 0. The fourth-order valence-corrected chi connectivity index (χ4v) is 2.11. The van der Waals surface area contributed by atoms with E-state index in [2.05, 4.69) is 20.6 Å². The summed E-state index contributed by atoms with van der Waals surface area (Å²) in [6, 6.07) is 5.33. The third-order valence-electron chi connectivity index (χ3n) is 3.64. The molecule has 10 heteroatoms. The van der Waals surface area contributed by atoms with Gasteiger partial charge in [0.2, 0.25) is 0 Å². The molecule has 0 fully saturated rings. The second kappa shape index (κ2) is 12.3. The van der Waals surface area contributed by atoms with E-state index in [1.165, 1.54) is 18.3 Å². The van der Waals surface area contributed by atoms with Crippen LogP contribution in [0.15, 0.2) is 35.3 Å². The number of carbonyl (C=O) groups is 2. The van der Waals surface area contributed by atoms with E-state index < -0.39 is 24.6 Å². The van der Waals surface area contributed by atoms with Crippen molar-refractivity contribution in [2.24, 2.45) is 5.92 Å². The molecule has 1 amide bonds. The molecule has 1 unspecified atom stereocenters. The van der Waals surface area contributed by atoms with Crippen molar-refractivity contribution in [2.75, 3.05) is 19.0 Å². The van der Waals surface area contributed by atoms with Crippen LogP contribution in [0.1, 0.15) is 42.7 Å². The number of halogens is 2. The quantitative estimate of drug-likeness (QED) is 0.562. The molecule has 30 heavy (non-hydrogen) atoms. The van der Waals surface area contributed by atoms with Crippen LogP contribution in [-0.2, 0) is 4.79 Å². The first kappa shape index (κ1) is 24.7. The maximum Gasteiger partial charge on any atom is 0.272 e. The number of ether oxygens (including phenoxy) is 1. The summed E-state index contributed by atoms with van der Waals surface area (Å²) in [6.45, 7) is 4.54. The molecule has 0 radical (unpaired) electrons. The molecule has 2 aromatic heterocycles. The summed E-state index contributed by atoms with van der Waals surface area (Å²) in [5, 5.41) is 5.53. The first-order valence-corrected chi connectivity index (χ1v) is 9.22. The van der Waals surface area contributed by atoms with Crippen LogP contribution in [0.2, 0.25) is 0 Å². The lowest BCUT2D eigenvalue weighted by molar-refractivity contribution is -0.110. The molecule has 0 saturated carbocycles. The number of aromatic amines is 1. The van der Waals surface area contributed by atoms with Crippen molar-refractivity contribution in [1.82, 2.24) is 15.3 Å². The van der Waals surface area contributed by atoms with E-state index in [9.17, 15) is 23.2 Å². The van der Waals surface area contributed by atoms with Crippen molar-refractivity contribution in [1.29, 1.82) is 0 Å². The number of pyridine rings is 2. The second-order valence-electron chi connectivity index (χ2n) is 6.56. The predicted molar refractivity (Wildman–Crippen MR) is 109 cm³/mol. The first-order chi connectivity index (χ1) is 14.2. The van der Waals surface area contributed by atoms with Gasteiger partial charge in [0.05, 0.1) is 6.04 Å². The number of rotatable bonds is 8. The standard InChI is InChI=1S/C16H18F2N4O3.C4H8O/c1-9(21-15(23)10-5-6-20-13(7-10)19-2)11-3-4-14(22-16(11)24)25-8-12(17)18;1-4(2)3-5/h3-7,9,12H,8H2,1-2H3,(H,19,20)(H,21,23)(H,22,24);3-4H,1-2H3. The van der Waals surface area contributed by atoms with Gasteiger partial charge in [-0.25, -0.2) is 13.8 Å². The Hall–Kier alpha value is -3.30. The van der Waals surface area contributed by atoms with Crippen LogP contribution in [0.4, 0.5) is 14.6 Å². The fourth-order valence-electron chi connectivity index (χ4n) is 2.11. The molecule has 0 aliphatic rings. The number of carbonyl (C=O) groups excluding carboxylic acids is 2. The summed E-state index contributed by atoms with van der Waals surface area (Å²) in [6.07, 6.45) is -0.225. The highest BCUT2D eigenvalue weighted by atomic mass is 19.3. The van der Waals surface area contributed by atoms with Crippen LogP contribution < -0.4 is 20.9 Å². The zero-order valence-corrected chi connectivity index (χ0v) is 17.2. The van der Waals surface area contributed by atoms with Crippen LogP contribution in [0.3, 0.4) is 0 Å². The minimum absolute atomic E-state index is 0.0552. The minimum atomic E-state index is -2.63. The molecule has 0 aliphatic heterocycles. The van der Waals surface area contributed by atoms with E-state index >= 15 is 0 Å². The van der Waals surface area contributed by atoms with E-state index in [1.54, 1.807) is 26.1 Å². The first-order valence-electron chi connectivity index (χ1n) is 9.22. The zero-order chi connectivity index (χ0) is 22.7. The van der Waals surface area contributed by atoms with Crippen molar-refractivity contribution in [3.63, 3.8) is 0 Å². The smallest absolute Gasteiger partial charge is 0.272 e. The molecule has 1 atom stereocenters. The highest BCUT2D eigenvalue weighted by Crippen LogP contribution is 2.13. The topological polar surface area (TPSA) is 113 Å². The second-order valence-corrected chi connectivity index (χ2v) is 6.56. The molecule has 3 N–H and O–H groups in total. The normalized spacial score (nSPS) is 11.3. The molecular weight excluding hydrogens is 398 g/mol. The van der Waals surface area contributed by atoms with Crippen LogP contribution in [0.5, 0.6) is 5.88 Å². The van der Waals surface area contributed by atoms with E-state index in [1.807, 2.05) is 13.8 Å². The van der Waals surface area contributed by atoms with E-state index in [0.717, 1.165) is 6.29 Å². The Labute approximate surface area is 173 Å². The number of H-pyrrole nitrogens is 1. The van der Waals surface area contributed by atoms with Crippen molar-refractivity contribution >= 4 is 18.0 Å². The van der Waals surface area contributed by atoms with Gasteiger partial charge in [0.15, 0.2) is 12.5 Å². The average Bonchev–Trinajstić information content (AvgIpc) is 2.72. The molecule has 0 bridgehead atoms. The Morgan fingerprint density at radius 2 is 1.93 bits per heavy atom. The number of amides is 1. The van der Waals surface area contributed by atoms with Crippen LogP contribution >= 0.6 is 0 Å². The molecule has 0 aromatic carbocycles. The number of nitrogens with one attached hydrogen (secondary N) is 3. The van der Waals surface area contributed by atoms with Gasteiger partial charge in [0, 0.05) is 30.3 Å². The molecule has 0 aliphatic carbocycles. The van der Waals surface area contributed by atoms with Gasteiger partial charge in [-0.05, 0) is 31.2 Å². The van der Waals surface area contributed by atoms with Gasteiger partial charge < -0.3 is 20.2 Å². The average molecular weight is 424 g/mol. The highest BCUT2D eigenvalue weighted by molar-refractivity contribution is 5.95. The maximum atomic E-state index is 12.3. The summed E-state index contributed by atoms with van der Waals surface area (Å²) < 4.78 is 29.0. The third-order valence-corrected chi connectivity index (χ3v) is 3.64. The summed E-state index contributed by atoms with van der Waals surface area (Å²) in [5.41, 5.74) is 0.144. The van der Waals surface area contributed by atoms with Gasteiger partial charge in [0.1, 0.15) is 12.1 Å². The molecule has 2 aromatic rings. The number of aldehydes is 1. The number of hydrogen-bond acceptors (Lipinski definition) is 6. The van der Waals surface area contributed by atoms with Gasteiger partial charge >= 0.3 is 0 Å². The Morgan fingerprint density at radius 1 is 1.27 bits per heavy atom. The number of nitrogens with zero attached hydrogens (tertiary/aromatic N) is 1. The Kier molecular flexibility index (Phi) is 10.1. The van der Waals surface area contributed by atoms with Gasteiger partial charge in [0.25, 0.3) is 17.9 Å². The monoisotopic (exact) mass is 424 g/mol. The summed E-state index contributed by atoms with van der Waals surface area (Å²) in [5.74, 6) is 0.317. The van der Waals surface area contributed by atoms with Gasteiger partial charge in [-0.2, -0.15) is 0 Å². The van der Waals surface area contributed by atoms with Gasteiger partial charge in [-0.1, -0.05) is 13.8 Å². The minimum Gasteiger partial charge on any atom is -0.473 e. The van der Waals surface area contributed by atoms with Crippen LogP contribution in [0.25, 0.3) is 0 Å². The zero-order valence-electron chi connectivity index (χ0n) is 17.2. The summed E-state index contributed by atoms with van der Waals surface area (Å²) in [4.78, 5) is 40.2. The Balaban J connectivity index is 0.000000804. The highest BCUT2D eigenvalue weighted by Gasteiger charge is 2.15. The number of anilines is 1. The molecular formula is C20H26F2N4O4. The number of hydrogen-bond donors (Lipinski definition) is 3. The number of aromatic nitrogens is 2. The molecule has 0 spiro atoms. The maximum absolute atomic E-state index is 12.3. The van der Waals surface area contributed by atoms with Gasteiger partial charge in [-0.3, -0.25) is 14.6 Å². The van der Waals surface area contributed by atoms with Crippen molar-refractivity contribution in [2.45, 2.75) is 33.2 Å². The summed E-state index contributed by atoms with van der Waals surface area (Å²) in [7, 11) is 1.68. The van der Waals surface area contributed by atoms with Crippen molar-refractivity contribution < 1.29 is 23.1 Å². The SMILES string of the molecule is CC(C)C=O.CNc1cc(C(=O)NC(C)c2ccc(OCC(F)F)[nH]c2=O)ccn1. The van der Waals surface area contributed by atoms with E-state index in [0.29, 0.717) is 11.4 Å². The van der Waals surface area contributed by atoms with Crippen molar-refractivity contribution in [3.8, 4) is 5.88 Å². The van der Waals surface area contributed by atoms with E-state index in [4.69, 9.17) is 4.74 Å². The lowest BCUT2D eigenvalue weighted by Gasteiger charge is -2.14. The molecule has 0 saturated heterocycles. The molecule has 164 valence electrons. The lowest BCUT2D eigenvalue weighted by Crippen LogP contribution is -2.30. The number of alkyl halides is 2. The largest absolute Gasteiger partial charge is 0.473 e. The van der Waals surface area contributed by atoms with Gasteiger partial charge in [-0.15, -0.1) is 0 Å². The van der Waals surface area contributed by atoms with Crippen molar-refractivity contribution in [3.05, 3.63) is 51.9 Å². The third kappa shape index (κ3) is 8.38. The Bertz CT molecular complexity index is 887. The van der Waals surface area contributed by atoms with Crippen LogP contribution in [0, 0.1) is 5.92 Å². The Morgan fingerprint density at radius 3 is 2.47 bits per heavy atom. The molecule has 8 nitrogen and oxygen atoms in total. The molecule has 2 rings (SSSR count). The lowest BCUT2D eigenvalue weighted by atomic mass is 10.1. The predicted octanol–water partition coefficient (Wildman–Crippen LogP) is 2.79. The van der Waals surface area contributed by atoms with Crippen LogP contribution in [-0.4, -0.2) is 42.2 Å².